The van der Waals surface area contributed by atoms with Crippen LogP contribution in [0.25, 0.3) is 0 Å². The maximum absolute atomic E-state index is 9.10. The van der Waals surface area contributed by atoms with E-state index < -0.39 is 0 Å². The lowest BCUT2D eigenvalue weighted by atomic mass is 10.3. The Kier molecular flexibility index (Phi) is 9.51. The summed E-state index contributed by atoms with van der Waals surface area (Å²) in [7, 11) is 0. The lowest BCUT2D eigenvalue weighted by molar-refractivity contribution is -0.0452. The topological polar surface area (TPSA) is 92.0 Å². The number of hydrogen-bond acceptors (Lipinski definition) is 8. The van der Waals surface area contributed by atoms with E-state index in [9.17, 15) is 0 Å². The maximum atomic E-state index is 9.10. The van der Waals surface area contributed by atoms with Gasteiger partial charge in [0.2, 0.25) is 0 Å². The van der Waals surface area contributed by atoms with Crippen molar-refractivity contribution in [2.45, 2.75) is 39.0 Å². The Morgan fingerprint density at radius 3 is 2.00 bits per heavy atom. The van der Waals surface area contributed by atoms with Crippen molar-refractivity contribution in [1.82, 2.24) is 15.6 Å². The molecule has 1 aliphatic heterocycles. The number of unbranched alkanes of at least 4 members (excludes halogenated alkanes) is 2. The highest BCUT2D eigenvalue weighted by molar-refractivity contribution is 5.42. The molecule has 0 saturated carbocycles. The molecule has 1 saturated heterocycles. The van der Waals surface area contributed by atoms with Crippen molar-refractivity contribution in [1.29, 1.82) is 0 Å². The summed E-state index contributed by atoms with van der Waals surface area (Å²) >= 11 is 0. The van der Waals surface area contributed by atoms with Gasteiger partial charge in [-0.25, -0.2) is 0 Å². The molecule has 0 spiro atoms. The van der Waals surface area contributed by atoms with Crippen LogP contribution in [0, 0.1) is 0 Å². The molecule has 8 nitrogen and oxygen atoms in total. The summed E-state index contributed by atoms with van der Waals surface area (Å²) in [4.78, 5) is 0. The average molecular weight is 368 g/mol. The minimum atomic E-state index is 0.579. The molecule has 148 valence electrons. The first-order valence-electron chi connectivity index (χ1n) is 9.41. The minimum Gasteiger partial charge on any atom is -0.493 e. The van der Waals surface area contributed by atoms with Gasteiger partial charge in [0, 0.05) is 31.3 Å². The van der Waals surface area contributed by atoms with Gasteiger partial charge in [-0.05, 0) is 25.7 Å². The molecule has 2 rings (SSSR count). The average Bonchev–Trinajstić information content (AvgIpc) is 3.34. The van der Waals surface area contributed by atoms with Crippen molar-refractivity contribution in [3.05, 3.63) is 18.2 Å². The summed E-state index contributed by atoms with van der Waals surface area (Å²) in [5, 5.41) is 12.2. The molecule has 2 atom stereocenters. The van der Waals surface area contributed by atoms with Gasteiger partial charge in [0.25, 0.3) is 0 Å². The van der Waals surface area contributed by atoms with E-state index >= 15 is 0 Å². The van der Waals surface area contributed by atoms with Crippen LogP contribution in [-0.2, 0) is 0 Å². The fourth-order valence-electron chi connectivity index (χ4n) is 2.38. The van der Waals surface area contributed by atoms with Crippen LogP contribution in [0.2, 0.25) is 0 Å². The third kappa shape index (κ3) is 8.20. The molecule has 1 aliphatic rings. The van der Waals surface area contributed by atoms with Crippen LogP contribution in [0.1, 0.15) is 39.0 Å². The quantitative estimate of drug-likeness (QED) is 0.188. The van der Waals surface area contributed by atoms with Crippen LogP contribution >= 0.6 is 0 Å². The van der Waals surface area contributed by atoms with E-state index in [0.717, 1.165) is 55.9 Å². The summed E-state index contributed by atoms with van der Waals surface area (Å²) in [5.74, 6) is 7.53. The van der Waals surface area contributed by atoms with E-state index in [1.807, 2.05) is 23.2 Å². The lowest BCUT2D eigenvalue weighted by Gasteiger charge is -2.13. The van der Waals surface area contributed by atoms with Crippen LogP contribution in [0.5, 0.6) is 17.2 Å². The molecular formula is C18H32N4O4. The molecule has 1 aromatic rings. The van der Waals surface area contributed by atoms with Gasteiger partial charge in [-0.3, -0.25) is 16.5 Å². The predicted molar refractivity (Wildman–Crippen MR) is 99.1 cm³/mol. The fraction of sp³-hybridized carbons (Fsp3) is 0.667. The van der Waals surface area contributed by atoms with E-state index in [0.29, 0.717) is 33.0 Å². The molecular weight excluding hydrogens is 336 g/mol. The first kappa shape index (κ1) is 20.7. The van der Waals surface area contributed by atoms with Gasteiger partial charge in [-0.2, -0.15) is 5.01 Å². The summed E-state index contributed by atoms with van der Waals surface area (Å²) in [5.41, 5.74) is 2.61. The molecule has 26 heavy (non-hydrogen) atoms. The van der Waals surface area contributed by atoms with E-state index in [1.54, 1.807) is 0 Å². The number of hydroxylamine groups is 1. The van der Waals surface area contributed by atoms with Gasteiger partial charge in [0.15, 0.2) is 0 Å². The zero-order chi connectivity index (χ0) is 18.6. The second-order valence-electron chi connectivity index (χ2n) is 6.30. The normalized spacial score (nSPS) is 18.6. The second kappa shape index (κ2) is 11.9. The third-order valence-corrected chi connectivity index (χ3v) is 3.96. The van der Waals surface area contributed by atoms with Gasteiger partial charge < -0.3 is 14.2 Å². The van der Waals surface area contributed by atoms with Crippen LogP contribution in [-0.4, -0.2) is 55.0 Å². The third-order valence-electron chi connectivity index (χ3n) is 3.96. The highest BCUT2D eigenvalue weighted by Crippen LogP contribution is 2.28. The minimum absolute atomic E-state index is 0.579. The van der Waals surface area contributed by atoms with Gasteiger partial charge in [0.1, 0.15) is 23.9 Å². The Morgan fingerprint density at radius 2 is 1.50 bits per heavy atom. The Hall–Kier alpha value is -1.58. The van der Waals surface area contributed by atoms with E-state index in [4.69, 9.17) is 25.3 Å². The zero-order valence-corrected chi connectivity index (χ0v) is 15.7. The molecule has 0 bridgehead atoms. The Bertz CT molecular complexity index is 518. The first-order chi connectivity index (χ1) is 12.7. The summed E-state index contributed by atoms with van der Waals surface area (Å²) in [6, 6.07) is 5.70. The van der Waals surface area contributed by atoms with Gasteiger partial charge >= 0.3 is 0 Å². The molecule has 0 aromatic heterocycles. The molecule has 1 fully saturated rings. The second-order valence-corrected chi connectivity index (χ2v) is 6.30. The van der Waals surface area contributed by atoms with Crippen molar-refractivity contribution < 1.29 is 19.4 Å². The van der Waals surface area contributed by atoms with Crippen molar-refractivity contribution >= 4 is 0 Å². The Balaban J connectivity index is 1.79. The number of ether oxygens (including phenoxy) is 3. The van der Waals surface area contributed by atoms with E-state index in [-0.39, 0.29) is 0 Å². The van der Waals surface area contributed by atoms with E-state index in [1.165, 1.54) is 5.17 Å². The number of nitrogens with one attached hydrogen (secondary N) is 1. The Labute approximate surface area is 155 Å². The molecule has 4 N–H and O–H groups in total. The molecule has 0 radical (unpaired) electrons. The SMILES string of the molecule is CCCCOc1cc(OCCCCN2CN2O)cc(OCCCNN)c1. The predicted octanol–water partition coefficient (Wildman–Crippen LogP) is 2.14. The van der Waals surface area contributed by atoms with Crippen molar-refractivity contribution in [3.8, 4) is 17.2 Å². The summed E-state index contributed by atoms with van der Waals surface area (Å²) in [6.07, 6.45) is 4.82. The van der Waals surface area contributed by atoms with Crippen molar-refractivity contribution in [3.63, 3.8) is 0 Å². The first-order valence-corrected chi connectivity index (χ1v) is 9.41. The number of hydrogen-bond donors (Lipinski definition) is 3. The van der Waals surface area contributed by atoms with Crippen LogP contribution in [0.15, 0.2) is 18.2 Å². The molecule has 8 heteroatoms. The molecule has 1 aromatic carbocycles. The summed E-state index contributed by atoms with van der Waals surface area (Å²) in [6.45, 7) is 6.21. The monoisotopic (exact) mass is 368 g/mol. The van der Waals surface area contributed by atoms with Crippen molar-refractivity contribution in [2.75, 3.05) is 39.6 Å². The van der Waals surface area contributed by atoms with Crippen LogP contribution < -0.4 is 25.5 Å². The highest BCUT2D eigenvalue weighted by Gasteiger charge is 2.27. The molecule has 2 unspecified atom stereocenters. The maximum Gasteiger partial charge on any atom is 0.126 e. The van der Waals surface area contributed by atoms with Gasteiger partial charge in [0.05, 0.1) is 19.8 Å². The van der Waals surface area contributed by atoms with Crippen LogP contribution in [0.4, 0.5) is 0 Å². The van der Waals surface area contributed by atoms with Crippen LogP contribution in [0.3, 0.4) is 0 Å². The van der Waals surface area contributed by atoms with Gasteiger partial charge in [-0.15, -0.1) is 5.17 Å². The zero-order valence-electron chi connectivity index (χ0n) is 15.7. The molecule has 0 amide bonds. The van der Waals surface area contributed by atoms with Gasteiger partial charge in [-0.1, -0.05) is 13.3 Å². The largest absolute Gasteiger partial charge is 0.493 e. The number of rotatable bonds is 15. The number of hydrazine groups is 2. The number of nitrogens with two attached hydrogens (primary N) is 1. The number of nitrogens with zero attached hydrogens (tertiary/aromatic N) is 2. The smallest absolute Gasteiger partial charge is 0.126 e. The molecule has 0 aliphatic carbocycles. The Morgan fingerprint density at radius 1 is 0.962 bits per heavy atom. The summed E-state index contributed by atoms with van der Waals surface area (Å²) < 4.78 is 17.4. The lowest BCUT2D eigenvalue weighted by Crippen LogP contribution is -2.24. The number of benzene rings is 1. The standard InChI is InChI=1S/C18H32N4O4/c1-2-3-9-24-16-12-17(14-18(13-16)26-11-6-7-20-19)25-10-5-4-8-21-15-22(21)23/h12-14,20,23H,2-11,15,19H2,1H3. The fourth-order valence-corrected chi connectivity index (χ4v) is 2.38. The van der Waals surface area contributed by atoms with E-state index in [2.05, 4.69) is 12.3 Å². The van der Waals surface area contributed by atoms with Crippen molar-refractivity contribution in [2.24, 2.45) is 5.84 Å². The highest BCUT2D eigenvalue weighted by atomic mass is 16.6. The molecule has 1 heterocycles.